The normalized spacial score (nSPS) is 16.8. The highest BCUT2D eigenvalue weighted by Crippen LogP contribution is 2.41. The molecule has 4 heterocycles. The molecule has 0 bridgehead atoms. The van der Waals surface area contributed by atoms with Crippen LogP contribution in [0.4, 0.5) is 0 Å². The van der Waals surface area contributed by atoms with E-state index in [0.29, 0.717) is 47.0 Å². The highest BCUT2D eigenvalue weighted by atomic mass is 35.5. The Kier molecular flexibility index (Phi) is 5.57. The smallest absolute Gasteiger partial charge is 0.245 e. The van der Waals surface area contributed by atoms with Gasteiger partial charge in [-0.2, -0.15) is 4.98 Å². The number of hydrogen-bond donors (Lipinski definition) is 0. The summed E-state index contributed by atoms with van der Waals surface area (Å²) in [5.41, 5.74) is 3.92. The Balaban J connectivity index is 1.41. The maximum absolute atomic E-state index is 6.77. The van der Waals surface area contributed by atoms with Gasteiger partial charge in [0.1, 0.15) is 23.5 Å². The minimum absolute atomic E-state index is 0.189. The van der Waals surface area contributed by atoms with E-state index < -0.39 is 0 Å². The fourth-order valence-corrected chi connectivity index (χ4v) is 4.32. The third-order valence-corrected chi connectivity index (χ3v) is 6.77. The molecule has 6 rings (SSSR count). The molecule has 0 radical (unpaired) electrons. The topological polar surface area (TPSA) is 84.2 Å². The third kappa shape index (κ3) is 4.56. The molecule has 2 aliphatic rings. The average molecular weight is 492 g/mol. The second-order valence-corrected chi connectivity index (χ2v) is 10.0. The van der Waals surface area contributed by atoms with Crippen LogP contribution in [-0.4, -0.2) is 49.9 Å². The molecule has 9 heteroatoms. The summed E-state index contributed by atoms with van der Waals surface area (Å²) >= 11 is 6.77. The van der Waals surface area contributed by atoms with Gasteiger partial charge in [0.15, 0.2) is 11.2 Å². The summed E-state index contributed by atoms with van der Waals surface area (Å²) in [7, 11) is 0. The first-order valence-electron chi connectivity index (χ1n) is 11.8. The van der Waals surface area contributed by atoms with Gasteiger partial charge in [0.25, 0.3) is 0 Å². The fraction of sp³-hybridized carbons (Fsp3) is 0.385. The molecule has 1 saturated carbocycles. The van der Waals surface area contributed by atoms with Crippen molar-refractivity contribution in [2.24, 2.45) is 5.92 Å². The van der Waals surface area contributed by atoms with Crippen molar-refractivity contribution < 1.29 is 14.2 Å². The number of hydrogen-bond acceptors (Lipinski definition) is 7. The highest BCUT2D eigenvalue weighted by Gasteiger charge is 2.41. The lowest BCUT2D eigenvalue weighted by molar-refractivity contribution is -0.0508. The molecule has 0 amide bonds. The standard InChI is InChI=1S/C26H26ClN5O3/c1-16-5-8-28-18(9-16)11-32-23(20-4-3-19(10-21(20)27)34-14-17-12-33-13-17)31-22-24(32)29-15-30-25(22)35-26(2)6-7-26/h3-5,8-10,15,17H,6-7,11-14H2,1-2H3. The maximum Gasteiger partial charge on any atom is 0.245 e. The zero-order chi connectivity index (χ0) is 24.0. The molecular formula is C26H26ClN5O3. The van der Waals surface area contributed by atoms with E-state index in [0.717, 1.165) is 48.6 Å². The van der Waals surface area contributed by atoms with Gasteiger partial charge in [-0.25, -0.2) is 9.97 Å². The van der Waals surface area contributed by atoms with Crippen LogP contribution in [0.15, 0.2) is 42.9 Å². The quantitative estimate of drug-likeness (QED) is 0.348. The van der Waals surface area contributed by atoms with Gasteiger partial charge in [0, 0.05) is 17.7 Å². The number of benzene rings is 1. The lowest BCUT2D eigenvalue weighted by Gasteiger charge is -2.25. The van der Waals surface area contributed by atoms with Gasteiger partial charge in [-0.1, -0.05) is 11.6 Å². The SMILES string of the molecule is Cc1ccnc(Cn2c(-c3ccc(OCC4COC4)cc3Cl)nc3c(OC4(C)CC4)ncnc32)c1. The van der Waals surface area contributed by atoms with Crippen molar-refractivity contribution in [1.29, 1.82) is 0 Å². The Morgan fingerprint density at radius 1 is 1.14 bits per heavy atom. The van der Waals surface area contributed by atoms with Crippen LogP contribution in [0.5, 0.6) is 11.6 Å². The molecular weight excluding hydrogens is 466 g/mol. The van der Waals surface area contributed by atoms with Crippen molar-refractivity contribution >= 4 is 22.8 Å². The van der Waals surface area contributed by atoms with Crippen LogP contribution in [0, 0.1) is 12.8 Å². The molecule has 0 unspecified atom stereocenters. The zero-order valence-corrected chi connectivity index (χ0v) is 20.5. The summed E-state index contributed by atoms with van der Waals surface area (Å²) in [4.78, 5) is 18.5. The number of nitrogens with zero attached hydrogens (tertiary/aromatic N) is 5. The molecule has 1 saturated heterocycles. The first-order valence-corrected chi connectivity index (χ1v) is 12.2. The van der Waals surface area contributed by atoms with Crippen molar-refractivity contribution in [3.8, 4) is 23.0 Å². The molecule has 180 valence electrons. The number of aryl methyl sites for hydroxylation is 1. The van der Waals surface area contributed by atoms with Gasteiger partial charge in [-0.15, -0.1) is 0 Å². The van der Waals surface area contributed by atoms with E-state index in [1.807, 2.05) is 42.0 Å². The number of fused-ring (bicyclic) bond motifs is 1. The Morgan fingerprint density at radius 3 is 2.71 bits per heavy atom. The first kappa shape index (κ1) is 22.2. The Labute approximate surface area is 208 Å². The minimum atomic E-state index is -0.189. The second kappa shape index (κ2) is 8.77. The summed E-state index contributed by atoms with van der Waals surface area (Å²) in [6.45, 7) is 6.72. The number of ether oxygens (including phenoxy) is 3. The number of aromatic nitrogens is 5. The second-order valence-electron chi connectivity index (χ2n) is 9.61. The molecule has 0 spiro atoms. The maximum atomic E-state index is 6.77. The Morgan fingerprint density at radius 2 is 2.00 bits per heavy atom. The van der Waals surface area contributed by atoms with Crippen LogP contribution < -0.4 is 9.47 Å². The molecule has 35 heavy (non-hydrogen) atoms. The fourth-order valence-electron chi connectivity index (χ4n) is 4.07. The Hall–Kier alpha value is -3.23. The average Bonchev–Trinajstić information content (AvgIpc) is 3.41. The number of halogens is 1. The van der Waals surface area contributed by atoms with Crippen molar-refractivity contribution in [3.05, 3.63) is 59.1 Å². The van der Waals surface area contributed by atoms with Crippen molar-refractivity contribution in [1.82, 2.24) is 24.5 Å². The number of imidazole rings is 1. The summed E-state index contributed by atoms with van der Waals surface area (Å²) in [5.74, 6) is 2.33. The third-order valence-electron chi connectivity index (χ3n) is 6.46. The van der Waals surface area contributed by atoms with E-state index in [1.54, 1.807) is 0 Å². The molecule has 2 fully saturated rings. The van der Waals surface area contributed by atoms with E-state index in [2.05, 4.69) is 27.9 Å². The van der Waals surface area contributed by atoms with Crippen LogP contribution in [-0.2, 0) is 11.3 Å². The van der Waals surface area contributed by atoms with Gasteiger partial charge in [0.05, 0.1) is 37.1 Å². The van der Waals surface area contributed by atoms with Crippen molar-refractivity contribution in [2.75, 3.05) is 19.8 Å². The van der Waals surface area contributed by atoms with Gasteiger partial charge in [-0.3, -0.25) is 4.98 Å². The van der Waals surface area contributed by atoms with Crippen LogP contribution in [0.3, 0.4) is 0 Å². The number of rotatable bonds is 8. The highest BCUT2D eigenvalue weighted by molar-refractivity contribution is 6.33. The largest absolute Gasteiger partial charge is 0.493 e. The van der Waals surface area contributed by atoms with Crippen LogP contribution in [0.2, 0.25) is 5.02 Å². The molecule has 1 aliphatic heterocycles. The molecule has 3 aromatic heterocycles. The summed E-state index contributed by atoms with van der Waals surface area (Å²) in [5, 5.41) is 0.547. The van der Waals surface area contributed by atoms with Crippen molar-refractivity contribution in [2.45, 2.75) is 38.8 Å². The number of pyridine rings is 1. The minimum Gasteiger partial charge on any atom is -0.493 e. The molecule has 4 aromatic rings. The molecule has 8 nitrogen and oxygen atoms in total. The predicted octanol–water partition coefficient (Wildman–Crippen LogP) is 4.85. The van der Waals surface area contributed by atoms with Gasteiger partial charge in [0.2, 0.25) is 5.88 Å². The van der Waals surface area contributed by atoms with E-state index in [4.69, 9.17) is 30.8 Å². The van der Waals surface area contributed by atoms with Crippen LogP contribution in [0.25, 0.3) is 22.6 Å². The van der Waals surface area contributed by atoms with Gasteiger partial charge in [-0.05, 0) is 62.6 Å². The summed E-state index contributed by atoms with van der Waals surface area (Å²) in [6, 6.07) is 9.73. The first-order chi connectivity index (χ1) is 17.0. The van der Waals surface area contributed by atoms with E-state index in [-0.39, 0.29) is 5.60 Å². The lowest BCUT2D eigenvalue weighted by atomic mass is 10.1. The van der Waals surface area contributed by atoms with E-state index >= 15 is 0 Å². The molecule has 0 atom stereocenters. The summed E-state index contributed by atoms with van der Waals surface area (Å²) in [6.07, 6.45) is 5.34. The molecule has 1 aromatic carbocycles. The lowest BCUT2D eigenvalue weighted by Crippen LogP contribution is -2.32. The van der Waals surface area contributed by atoms with Gasteiger partial charge >= 0.3 is 0 Å². The van der Waals surface area contributed by atoms with E-state index in [9.17, 15) is 0 Å². The van der Waals surface area contributed by atoms with Crippen LogP contribution >= 0.6 is 11.6 Å². The van der Waals surface area contributed by atoms with Crippen molar-refractivity contribution in [3.63, 3.8) is 0 Å². The zero-order valence-electron chi connectivity index (χ0n) is 19.7. The monoisotopic (exact) mass is 491 g/mol. The van der Waals surface area contributed by atoms with Gasteiger partial charge < -0.3 is 18.8 Å². The van der Waals surface area contributed by atoms with Crippen LogP contribution in [0.1, 0.15) is 31.0 Å². The Bertz CT molecular complexity index is 1400. The predicted molar refractivity (Wildman–Crippen MR) is 132 cm³/mol. The molecule has 0 N–H and O–H groups in total. The van der Waals surface area contributed by atoms with E-state index in [1.165, 1.54) is 6.33 Å². The summed E-state index contributed by atoms with van der Waals surface area (Å²) < 4.78 is 19.4. The molecule has 1 aliphatic carbocycles.